The molecule has 4 nitrogen and oxygen atoms in total. The Balaban J connectivity index is 1.85. The highest BCUT2D eigenvalue weighted by Crippen LogP contribution is 2.27. The number of para-hydroxylation sites is 1. The third kappa shape index (κ3) is 2.07. The number of hydrogen-bond acceptors (Lipinski definition) is 4. The van der Waals surface area contributed by atoms with Gasteiger partial charge in [-0.15, -0.1) is 10.2 Å². The van der Waals surface area contributed by atoms with Crippen molar-refractivity contribution in [3.63, 3.8) is 0 Å². The van der Waals surface area contributed by atoms with Crippen LogP contribution in [0.2, 0.25) is 0 Å². The van der Waals surface area contributed by atoms with Crippen molar-refractivity contribution in [1.82, 2.24) is 15.2 Å². The highest BCUT2D eigenvalue weighted by Gasteiger charge is 2.23. The SMILES string of the molecule is CC1CCCC1Nc1nnc2ccccc2n1. The summed E-state index contributed by atoms with van der Waals surface area (Å²) in [5, 5.41) is 11.7. The molecule has 1 aliphatic carbocycles. The van der Waals surface area contributed by atoms with Gasteiger partial charge in [-0.3, -0.25) is 0 Å². The smallest absolute Gasteiger partial charge is 0.243 e. The van der Waals surface area contributed by atoms with Crippen LogP contribution in [0.15, 0.2) is 24.3 Å². The topological polar surface area (TPSA) is 50.7 Å². The zero-order valence-electron chi connectivity index (χ0n) is 9.93. The molecule has 1 saturated carbocycles. The van der Waals surface area contributed by atoms with Crippen LogP contribution in [0.1, 0.15) is 26.2 Å². The van der Waals surface area contributed by atoms with Crippen molar-refractivity contribution in [2.75, 3.05) is 5.32 Å². The van der Waals surface area contributed by atoms with Gasteiger partial charge in [-0.25, -0.2) is 4.98 Å². The molecule has 0 bridgehead atoms. The number of nitrogens with zero attached hydrogens (tertiary/aromatic N) is 3. The van der Waals surface area contributed by atoms with Crippen LogP contribution in [-0.4, -0.2) is 21.2 Å². The fourth-order valence-corrected chi connectivity index (χ4v) is 2.47. The van der Waals surface area contributed by atoms with Crippen molar-refractivity contribution in [2.24, 2.45) is 5.92 Å². The summed E-state index contributed by atoms with van der Waals surface area (Å²) in [6.07, 6.45) is 3.79. The number of rotatable bonds is 2. The second kappa shape index (κ2) is 4.28. The van der Waals surface area contributed by atoms with Crippen LogP contribution in [0.25, 0.3) is 11.0 Å². The van der Waals surface area contributed by atoms with Crippen LogP contribution in [0.5, 0.6) is 0 Å². The molecule has 0 saturated heterocycles. The fraction of sp³-hybridized carbons (Fsp3) is 0.462. The first-order valence-electron chi connectivity index (χ1n) is 6.19. The zero-order valence-corrected chi connectivity index (χ0v) is 9.93. The van der Waals surface area contributed by atoms with Gasteiger partial charge in [0.25, 0.3) is 0 Å². The summed E-state index contributed by atoms with van der Waals surface area (Å²) in [5.41, 5.74) is 1.74. The van der Waals surface area contributed by atoms with Crippen molar-refractivity contribution >= 4 is 17.0 Å². The second-order valence-corrected chi connectivity index (χ2v) is 4.78. The van der Waals surface area contributed by atoms with Gasteiger partial charge in [-0.05, 0) is 30.9 Å². The molecule has 4 heteroatoms. The van der Waals surface area contributed by atoms with E-state index < -0.39 is 0 Å². The Hall–Kier alpha value is -1.71. The maximum atomic E-state index is 4.49. The van der Waals surface area contributed by atoms with Crippen molar-refractivity contribution < 1.29 is 0 Å². The number of anilines is 1. The summed E-state index contributed by atoms with van der Waals surface area (Å²) in [4.78, 5) is 4.49. The third-order valence-corrected chi connectivity index (χ3v) is 3.54. The molecule has 2 unspecified atom stereocenters. The first-order valence-corrected chi connectivity index (χ1v) is 6.19. The minimum Gasteiger partial charge on any atom is -0.350 e. The summed E-state index contributed by atoms with van der Waals surface area (Å²) in [5.74, 6) is 1.35. The molecule has 0 radical (unpaired) electrons. The molecule has 1 aliphatic rings. The third-order valence-electron chi connectivity index (χ3n) is 3.54. The summed E-state index contributed by atoms with van der Waals surface area (Å²) in [6.45, 7) is 2.28. The number of nitrogens with one attached hydrogen (secondary N) is 1. The lowest BCUT2D eigenvalue weighted by molar-refractivity contribution is 0.552. The maximum Gasteiger partial charge on any atom is 0.243 e. The predicted octanol–water partition coefficient (Wildman–Crippen LogP) is 2.63. The molecule has 1 aromatic carbocycles. The quantitative estimate of drug-likeness (QED) is 0.858. The Kier molecular flexibility index (Phi) is 2.63. The number of hydrogen-bond donors (Lipinski definition) is 1. The normalized spacial score (nSPS) is 24.1. The average Bonchev–Trinajstić information content (AvgIpc) is 2.75. The Morgan fingerprint density at radius 1 is 1.12 bits per heavy atom. The summed E-state index contributed by atoms with van der Waals surface area (Å²) in [7, 11) is 0. The van der Waals surface area contributed by atoms with Gasteiger partial charge < -0.3 is 5.32 Å². The first kappa shape index (κ1) is 10.4. The molecule has 1 fully saturated rings. The molecule has 17 heavy (non-hydrogen) atoms. The molecule has 88 valence electrons. The average molecular weight is 228 g/mol. The Morgan fingerprint density at radius 2 is 1.94 bits per heavy atom. The van der Waals surface area contributed by atoms with Crippen LogP contribution >= 0.6 is 0 Å². The number of aromatic nitrogens is 3. The van der Waals surface area contributed by atoms with Gasteiger partial charge in [0.05, 0.1) is 5.52 Å². The van der Waals surface area contributed by atoms with Gasteiger partial charge in [0.2, 0.25) is 5.95 Å². The van der Waals surface area contributed by atoms with E-state index in [1.165, 1.54) is 19.3 Å². The lowest BCUT2D eigenvalue weighted by Crippen LogP contribution is -2.23. The van der Waals surface area contributed by atoms with E-state index in [2.05, 4.69) is 27.4 Å². The zero-order chi connectivity index (χ0) is 11.7. The minimum absolute atomic E-state index is 0.498. The van der Waals surface area contributed by atoms with E-state index in [0.717, 1.165) is 11.0 Å². The van der Waals surface area contributed by atoms with E-state index in [9.17, 15) is 0 Å². The molecular formula is C13H16N4. The van der Waals surface area contributed by atoms with Gasteiger partial charge in [0.15, 0.2) is 0 Å². The Labute approximate surface area is 100 Å². The number of fused-ring (bicyclic) bond motifs is 1. The Bertz CT molecular complexity index is 526. The lowest BCUT2D eigenvalue weighted by atomic mass is 10.1. The summed E-state index contributed by atoms with van der Waals surface area (Å²) < 4.78 is 0. The van der Waals surface area contributed by atoms with Crippen LogP contribution in [-0.2, 0) is 0 Å². The lowest BCUT2D eigenvalue weighted by Gasteiger charge is -2.16. The molecule has 0 amide bonds. The van der Waals surface area contributed by atoms with E-state index in [-0.39, 0.29) is 0 Å². The van der Waals surface area contributed by atoms with Gasteiger partial charge in [0, 0.05) is 6.04 Å². The van der Waals surface area contributed by atoms with Crippen molar-refractivity contribution in [3.05, 3.63) is 24.3 Å². The van der Waals surface area contributed by atoms with Gasteiger partial charge >= 0.3 is 0 Å². The first-order chi connectivity index (χ1) is 8.33. The standard InChI is InChI=1S/C13H16N4/c1-9-5-4-8-10(9)14-13-15-11-6-2-3-7-12(11)16-17-13/h2-3,6-7,9-10H,4-5,8H2,1H3,(H,14,15,17). The predicted molar refractivity (Wildman–Crippen MR) is 67.8 cm³/mol. The van der Waals surface area contributed by atoms with E-state index >= 15 is 0 Å². The van der Waals surface area contributed by atoms with Crippen LogP contribution in [0, 0.1) is 5.92 Å². The summed E-state index contributed by atoms with van der Waals surface area (Å²) >= 11 is 0. The highest BCUT2D eigenvalue weighted by atomic mass is 15.2. The summed E-state index contributed by atoms with van der Waals surface area (Å²) in [6, 6.07) is 8.31. The Morgan fingerprint density at radius 3 is 2.71 bits per heavy atom. The molecule has 3 rings (SSSR count). The highest BCUT2D eigenvalue weighted by molar-refractivity contribution is 5.74. The molecule has 2 atom stereocenters. The second-order valence-electron chi connectivity index (χ2n) is 4.78. The van der Waals surface area contributed by atoms with Gasteiger partial charge in [-0.2, -0.15) is 0 Å². The molecule has 1 N–H and O–H groups in total. The van der Waals surface area contributed by atoms with E-state index in [4.69, 9.17) is 0 Å². The van der Waals surface area contributed by atoms with E-state index in [0.29, 0.717) is 17.9 Å². The molecule has 1 aromatic heterocycles. The van der Waals surface area contributed by atoms with Crippen LogP contribution < -0.4 is 5.32 Å². The van der Waals surface area contributed by atoms with Gasteiger partial charge in [0.1, 0.15) is 5.52 Å². The fourth-order valence-electron chi connectivity index (χ4n) is 2.47. The molecule has 0 aliphatic heterocycles. The van der Waals surface area contributed by atoms with Gasteiger partial charge in [-0.1, -0.05) is 25.5 Å². The van der Waals surface area contributed by atoms with Crippen molar-refractivity contribution in [3.8, 4) is 0 Å². The van der Waals surface area contributed by atoms with Crippen molar-refractivity contribution in [2.45, 2.75) is 32.2 Å². The largest absolute Gasteiger partial charge is 0.350 e. The van der Waals surface area contributed by atoms with Crippen molar-refractivity contribution in [1.29, 1.82) is 0 Å². The molecule has 2 aromatic rings. The van der Waals surface area contributed by atoms with Crippen LogP contribution in [0.3, 0.4) is 0 Å². The monoisotopic (exact) mass is 228 g/mol. The molecule has 1 heterocycles. The minimum atomic E-state index is 0.498. The van der Waals surface area contributed by atoms with E-state index in [1.807, 2.05) is 24.3 Å². The maximum absolute atomic E-state index is 4.49. The van der Waals surface area contributed by atoms with E-state index in [1.54, 1.807) is 0 Å². The van der Waals surface area contributed by atoms with Crippen LogP contribution in [0.4, 0.5) is 5.95 Å². The molecular weight excluding hydrogens is 212 g/mol. The molecule has 0 spiro atoms. The number of benzene rings is 1.